The molecule has 0 unspecified atom stereocenters. The molecule has 0 aromatic heterocycles. The molecule has 0 saturated heterocycles. The molecule has 0 N–H and O–H groups in total. The minimum atomic E-state index is 1.01. The van der Waals surface area contributed by atoms with Gasteiger partial charge in [-0.15, -0.1) is 0 Å². The molecule has 0 radical (unpaired) electrons. The number of hydrogen-bond acceptors (Lipinski definition) is 1. The van der Waals surface area contributed by atoms with E-state index in [-0.39, 0.29) is 0 Å². The summed E-state index contributed by atoms with van der Waals surface area (Å²) in [6, 6.07) is 6.40. The maximum absolute atomic E-state index is 5.24. The molecule has 1 heteroatoms. The molecule has 0 fully saturated rings. The second-order valence-corrected chi connectivity index (χ2v) is 3.56. The Morgan fingerprint density at radius 3 is 2.00 bits per heavy atom. The maximum atomic E-state index is 5.24. The zero-order valence-electron chi connectivity index (χ0n) is 10.8. The van der Waals surface area contributed by atoms with Gasteiger partial charge in [-0.25, -0.2) is 0 Å². The fourth-order valence-electron chi connectivity index (χ4n) is 1.33. The molecule has 0 spiro atoms. The van der Waals surface area contributed by atoms with Crippen molar-refractivity contribution < 1.29 is 4.74 Å². The Bertz CT molecular complexity index is 266. The molecule has 0 saturated carbocycles. The number of aryl methyl sites for hydroxylation is 2. The summed E-state index contributed by atoms with van der Waals surface area (Å²) < 4.78 is 5.24. The number of ether oxygens (including phenoxy) is 1. The van der Waals surface area contributed by atoms with Crippen molar-refractivity contribution in [3.63, 3.8) is 0 Å². The molecule has 0 heterocycles. The largest absolute Gasteiger partial charge is 0.496 e. The number of hydrogen-bond donors (Lipinski definition) is 0. The van der Waals surface area contributed by atoms with Crippen molar-refractivity contribution in [2.24, 2.45) is 0 Å². The van der Waals surface area contributed by atoms with Gasteiger partial charge in [-0.1, -0.05) is 46.2 Å². The SMILES string of the molecule is CCC.CCc1ccc(OC)c(CC)c1. The molecule has 0 bridgehead atoms. The van der Waals surface area contributed by atoms with Gasteiger partial charge in [0.15, 0.2) is 0 Å². The van der Waals surface area contributed by atoms with Crippen LogP contribution in [-0.2, 0) is 12.8 Å². The Kier molecular flexibility index (Phi) is 7.79. The Hall–Kier alpha value is -0.980. The molecule has 86 valence electrons. The first kappa shape index (κ1) is 14.0. The van der Waals surface area contributed by atoms with Gasteiger partial charge in [0.2, 0.25) is 0 Å². The van der Waals surface area contributed by atoms with E-state index in [0.29, 0.717) is 0 Å². The van der Waals surface area contributed by atoms with Gasteiger partial charge in [-0.05, 0) is 30.0 Å². The minimum Gasteiger partial charge on any atom is -0.496 e. The van der Waals surface area contributed by atoms with Crippen LogP contribution in [0.25, 0.3) is 0 Å². The zero-order valence-corrected chi connectivity index (χ0v) is 10.8. The average molecular weight is 208 g/mol. The molecule has 0 aliphatic carbocycles. The molecular formula is C14H24O. The van der Waals surface area contributed by atoms with E-state index in [1.54, 1.807) is 7.11 Å². The smallest absolute Gasteiger partial charge is 0.122 e. The van der Waals surface area contributed by atoms with E-state index in [9.17, 15) is 0 Å². The van der Waals surface area contributed by atoms with Crippen LogP contribution in [0.2, 0.25) is 0 Å². The van der Waals surface area contributed by atoms with Crippen LogP contribution >= 0.6 is 0 Å². The Morgan fingerprint density at radius 2 is 1.60 bits per heavy atom. The fourth-order valence-corrected chi connectivity index (χ4v) is 1.33. The number of benzene rings is 1. The minimum absolute atomic E-state index is 1.01. The fraction of sp³-hybridized carbons (Fsp3) is 0.571. The van der Waals surface area contributed by atoms with Crippen molar-refractivity contribution in [3.8, 4) is 5.75 Å². The Labute approximate surface area is 94.5 Å². The van der Waals surface area contributed by atoms with Crippen molar-refractivity contribution in [2.75, 3.05) is 7.11 Å². The predicted octanol–water partition coefficient (Wildman–Crippen LogP) is 4.24. The molecule has 1 nitrogen and oxygen atoms in total. The summed E-state index contributed by atoms with van der Waals surface area (Å²) in [6.07, 6.45) is 3.38. The highest BCUT2D eigenvalue weighted by atomic mass is 16.5. The first-order chi connectivity index (χ1) is 7.23. The van der Waals surface area contributed by atoms with Crippen molar-refractivity contribution >= 4 is 0 Å². The summed E-state index contributed by atoms with van der Waals surface area (Å²) in [7, 11) is 1.72. The molecule has 15 heavy (non-hydrogen) atoms. The van der Waals surface area contributed by atoms with Crippen LogP contribution in [0.15, 0.2) is 18.2 Å². The van der Waals surface area contributed by atoms with E-state index in [1.165, 1.54) is 17.5 Å². The molecule has 1 rings (SSSR count). The standard InChI is InChI=1S/C11H16O.C3H8/c1-4-9-6-7-11(12-3)10(5-2)8-9;1-3-2/h6-8H,4-5H2,1-3H3;3H2,1-2H3. The summed E-state index contributed by atoms with van der Waals surface area (Å²) in [4.78, 5) is 0. The van der Waals surface area contributed by atoms with Crippen molar-refractivity contribution in [1.82, 2.24) is 0 Å². The third-order valence-electron chi connectivity index (χ3n) is 2.13. The lowest BCUT2D eigenvalue weighted by Gasteiger charge is -2.07. The summed E-state index contributed by atoms with van der Waals surface area (Å²) in [5.41, 5.74) is 2.68. The first-order valence-corrected chi connectivity index (χ1v) is 5.89. The summed E-state index contributed by atoms with van der Waals surface area (Å²) in [5.74, 6) is 1.01. The van der Waals surface area contributed by atoms with E-state index in [4.69, 9.17) is 4.74 Å². The quantitative estimate of drug-likeness (QED) is 0.722. The third-order valence-corrected chi connectivity index (χ3v) is 2.13. The van der Waals surface area contributed by atoms with Crippen LogP contribution in [-0.4, -0.2) is 7.11 Å². The predicted molar refractivity (Wildman–Crippen MR) is 67.7 cm³/mol. The zero-order chi connectivity index (χ0) is 11.7. The van der Waals surface area contributed by atoms with Gasteiger partial charge in [-0.2, -0.15) is 0 Å². The highest BCUT2D eigenvalue weighted by Crippen LogP contribution is 2.20. The van der Waals surface area contributed by atoms with E-state index >= 15 is 0 Å². The van der Waals surface area contributed by atoms with Crippen LogP contribution < -0.4 is 4.74 Å². The van der Waals surface area contributed by atoms with Crippen molar-refractivity contribution in [1.29, 1.82) is 0 Å². The Morgan fingerprint density at radius 1 is 1.00 bits per heavy atom. The molecule has 0 amide bonds. The maximum Gasteiger partial charge on any atom is 0.122 e. The van der Waals surface area contributed by atoms with E-state index in [1.807, 2.05) is 0 Å². The van der Waals surface area contributed by atoms with Crippen LogP contribution in [0.5, 0.6) is 5.75 Å². The highest BCUT2D eigenvalue weighted by Gasteiger charge is 2.00. The first-order valence-electron chi connectivity index (χ1n) is 5.89. The summed E-state index contributed by atoms with van der Waals surface area (Å²) in [5, 5.41) is 0. The van der Waals surface area contributed by atoms with Crippen LogP contribution in [0, 0.1) is 0 Å². The second-order valence-electron chi connectivity index (χ2n) is 3.56. The molecule has 1 aromatic carbocycles. The van der Waals surface area contributed by atoms with Gasteiger partial charge in [-0.3, -0.25) is 0 Å². The third kappa shape index (κ3) is 4.87. The lowest BCUT2D eigenvalue weighted by Crippen LogP contribution is -1.92. The second kappa shape index (κ2) is 8.34. The summed E-state index contributed by atoms with van der Waals surface area (Å²) in [6.45, 7) is 8.57. The molecule has 1 aromatic rings. The number of rotatable bonds is 3. The Balaban J connectivity index is 0.000000583. The van der Waals surface area contributed by atoms with E-state index < -0.39 is 0 Å². The lowest BCUT2D eigenvalue weighted by atomic mass is 10.1. The number of methoxy groups -OCH3 is 1. The van der Waals surface area contributed by atoms with Crippen LogP contribution in [0.4, 0.5) is 0 Å². The van der Waals surface area contributed by atoms with Gasteiger partial charge in [0.1, 0.15) is 5.75 Å². The van der Waals surface area contributed by atoms with Gasteiger partial charge in [0, 0.05) is 0 Å². The normalized spacial score (nSPS) is 9.13. The molecule has 0 aliphatic rings. The van der Waals surface area contributed by atoms with Gasteiger partial charge in [0.05, 0.1) is 7.11 Å². The molecular weight excluding hydrogens is 184 g/mol. The van der Waals surface area contributed by atoms with E-state index in [2.05, 4.69) is 45.9 Å². The average Bonchev–Trinajstić information content (AvgIpc) is 2.29. The van der Waals surface area contributed by atoms with Gasteiger partial charge >= 0.3 is 0 Å². The van der Waals surface area contributed by atoms with Crippen molar-refractivity contribution in [2.45, 2.75) is 47.0 Å². The topological polar surface area (TPSA) is 9.23 Å². The van der Waals surface area contributed by atoms with Gasteiger partial charge < -0.3 is 4.74 Å². The lowest BCUT2D eigenvalue weighted by molar-refractivity contribution is 0.410. The van der Waals surface area contributed by atoms with E-state index in [0.717, 1.165) is 18.6 Å². The van der Waals surface area contributed by atoms with Crippen LogP contribution in [0.3, 0.4) is 0 Å². The highest BCUT2D eigenvalue weighted by molar-refractivity contribution is 5.37. The monoisotopic (exact) mass is 208 g/mol. The van der Waals surface area contributed by atoms with Crippen molar-refractivity contribution in [3.05, 3.63) is 29.3 Å². The molecule has 0 atom stereocenters. The van der Waals surface area contributed by atoms with Gasteiger partial charge in [0.25, 0.3) is 0 Å². The summed E-state index contributed by atoms with van der Waals surface area (Å²) >= 11 is 0. The molecule has 0 aliphatic heterocycles. The van der Waals surface area contributed by atoms with Crippen LogP contribution in [0.1, 0.15) is 45.2 Å².